The van der Waals surface area contributed by atoms with E-state index in [-0.39, 0.29) is 21.6 Å². The van der Waals surface area contributed by atoms with Crippen LogP contribution in [0.2, 0.25) is 5.02 Å². The van der Waals surface area contributed by atoms with E-state index in [4.69, 9.17) is 11.6 Å². The van der Waals surface area contributed by atoms with Crippen molar-refractivity contribution < 1.29 is 4.39 Å². The van der Waals surface area contributed by atoms with Crippen LogP contribution in [0.3, 0.4) is 0 Å². The summed E-state index contributed by atoms with van der Waals surface area (Å²) in [6.45, 7) is 0. The van der Waals surface area contributed by atoms with Gasteiger partial charge in [-0.15, -0.1) is 0 Å². The molecular weight excluding hydrogens is 283 g/mol. The van der Waals surface area contributed by atoms with Crippen LogP contribution in [0.1, 0.15) is 0 Å². The molecule has 0 saturated heterocycles. The van der Waals surface area contributed by atoms with Crippen LogP contribution < -0.4 is 11.2 Å². The third-order valence-corrected chi connectivity index (χ3v) is 3.29. The first-order valence-electron chi connectivity index (χ1n) is 5.78. The number of nitrogens with one attached hydrogen (secondary N) is 1. The number of halogens is 2. The zero-order chi connectivity index (χ0) is 14.3. The first-order valence-corrected chi connectivity index (χ1v) is 6.16. The van der Waals surface area contributed by atoms with Gasteiger partial charge in [-0.25, -0.2) is 13.8 Å². The second-order valence-electron chi connectivity index (χ2n) is 4.18. The zero-order valence-electron chi connectivity index (χ0n) is 10.1. The molecule has 0 aliphatic carbocycles. The fraction of sp³-hybridized carbons (Fsp3) is 0. The van der Waals surface area contributed by atoms with E-state index in [9.17, 15) is 14.0 Å². The van der Waals surface area contributed by atoms with Crippen molar-refractivity contribution in [3.05, 3.63) is 74.1 Å². The van der Waals surface area contributed by atoms with Crippen LogP contribution in [0.15, 0.2) is 52.1 Å². The summed E-state index contributed by atoms with van der Waals surface area (Å²) < 4.78 is 14.6. The van der Waals surface area contributed by atoms with Gasteiger partial charge in [0, 0.05) is 0 Å². The Morgan fingerprint density at radius 2 is 1.80 bits per heavy atom. The average Bonchev–Trinajstić information content (AvgIpc) is 2.40. The molecule has 0 spiro atoms. The molecule has 0 unspecified atom stereocenters. The van der Waals surface area contributed by atoms with E-state index in [1.807, 2.05) is 0 Å². The summed E-state index contributed by atoms with van der Waals surface area (Å²) in [5, 5.41) is 0.0582. The van der Waals surface area contributed by atoms with Gasteiger partial charge in [-0.1, -0.05) is 29.8 Å². The fourth-order valence-electron chi connectivity index (χ4n) is 2.07. The number of para-hydroxylation sites is 1. The Morgan fingerprint density at radius 1 is 1.05 bits per heavy atom. The Bertz CT molecular complexity index is 930. The molecule has 0 aliphatic rings. The number of aromatic amines is 1. The number of benzene rings is 2. The molecule has 0 aliphatic heterocycles. The summed E-state index contributed by atoms with van der Waals surface area (Å²) >= 11 is 5.99. The number of H-pyrrole nitrogens is 1. The molecule has 1 heterocycles. The Kier molecular flexibility index (Phi) is 2.91. The van der Waals surface area contributed by atoms with E-state index < -0.39 is 17.1 Å². The molecule has 1 aromatic heterocycles. The Balaban J connectivity index is 2.50. The van der Waals surface area contributed by atoms with Gasteiger partial charge in [0.2, 0.25) is 0 Å². The largest absolute Gasteiger partial charge is 0.333 e. The van der Waals surface area contributed by atoms with Gasteiger partial charge >= 0.3 is 5.69 Å². The van der Waals surface area contributed by atoms with Crippen molar-refractivity contribution >= 4 is 22.5 Å². The fourth-order valence-corrected chi connectivity index (χ4v) is 2.29. The van der Waals surface area contributed by atoms with Crippen molar-refractivity contribution in [3.8, 4) is 5.69 Å². The number of aromatic nitrogens is 2. The number of nitrogens with zero attached hydrogens (tertiary/aromatic N) is 1. The average molecular weight is 291 g/mol. The van der Waals surface area contributed by atoms with E-state index in [0.29, 0.717) is 0 Å². The molecule has 0 amide bonds. The van der Waals surface area contributed by atoms with Crippen LogP contribution in [0.5, 0.6) is 0 Å². The lowest BCUT2D eigenvalue weighted by atomic mass is 10.2. The van der Waals surface area contributed by atoms with Crippen LogP contribution >= 0.6 is 11.6 Å². The normalized spacial score (nSPS) is 10.9. The van der Waals surface area contributed by atoms with Crippen LogP contribution in [0.4, 0.5) is 4.39 Å². The predicted octanol–water partition coefficient (Wildman–Crippen LogP) is 2.47. The summed E-state index contributed by atoms with van der Waals surface area (Å²) in [6.07, 6.45) is 0. The first-order chi connectivity index (χ1) is 9.59. The zero-order valence-corrected chi connectivity index (χ0v) is 10.8. The predicted molar refractivity (Wildman–Crippen MR) is 75.1 cm³/mol. The number of hydrogen-bond donors (Lipinski definition) is 1. The second kappa shape index (κ2) is 4.61. The second-order valence-corrected chi connectivity index (χ2v) is 4.59. The maximum absolute atomic E-state index is 13.8. The summed E-state index contributed by atoms with van der Waals surface area (Å²) in [5.41, 5.74) is -1.04. The highest BCUT2D eigenvalue weighted by atomic mass is 35.5. The molecule has 3 rings (SSSR count). The van der Waals surface area contributed by atoms with Gasteiger partial charge in [-0.2, -0.15) is 0 Å². The topological polar surface area (TPSA) is 54.9 Å². The molecule has 6 heteroatoms. The standard InChI is InChI=1S/C14H8ClFN2O2/c15-8-4-1-2-7-11(8)18-13(19)12-9(16)5-3-6-10(12)17-14(18)20/h1-7H,(H,17,20). The molecule has 0 bridgehead atoms. The van der Waals surface area contributed by atoms with Gasteiger partial charge in [0.1, 0.15) is 5.82 Å². The van der Waals surface area contributed by atoms with Crippen LogP contribution in [0, 0.1) is 5.82 Å². The highest BCUT2D eigenvalue weighted by Crippen LogP contribution is 2.18. The van der Waals surface area contributed by atoms with Crippen molar-refractivity contribution in [1.82, 2.24) is 9.55 Å². The van der Waals surface area contributed by atoms with E-state index in [0.717, 1.165) is 4.57 Å². The van der Waals surface area contributed by atoms with Crippen molar-refractivity contribution in [2.75, 3.05) is 0 Å². The molecule has 0 fully saturated rings. The third-order valence-electron chi connectivity index (χ3n) is 2.97. The highest BCUT2D eigenvalue weighted by Gasteiger charge is 2.14. The smallest absolute Gasteiger partial charge is 0.306 e. The van der Waals surface area contributed by atoms with E-state index in [2.05, 4.69) is 4.98 Å². The maximum Gasteiger partial charge on any atom is 0.333 e. The molecule has 0 radical (unpaired) electrons. The molecule has 4 nitrogen and oxygen atoms in total. The number of fused-ring (bicyclic) bond motifs is 1. The van der Waals surface area contributed by atoms with Crippen molar-refractivity contribution in [1.29, 1.82) is 0 Å². The molecule has 2 aromatic carbocycles. The molecular formula is C14H8ClFN2O2. The van der Waals surface area contributed by atoms with Gasteiger partial charge in [0.25, 0.3) is 5.56 Å². The number of rotatable bonds is 1. The maximum atomic E-state index is 13.8. The lowest BCUT2D eigenvalue weighted by Crippen LogP contribution is -2.34. The molecule has 3 aromatic rings. The van der Waals surface area contributed by atoms with Crippen molar-refractivity contribution in [3.63, 3.8) is 0 Å². The molecule has 100 valence electrons. The Labute approximate surface area is 117 Å². The molecule has 0 saturated carbocycles. The van der Waals surface area contributed by atoms with Gasteiger partial charge in [-0.05, 0) is 24.3 Å². The summed E-state index contributed by atoms with van der Waals surface area (Å²) in [6, 6.07) is 10.4. The monoisotopic (exact) mass is 290 g/mol. The third kappa shape index (κ3) is 1.83. The molecule has 1 N–H and O–H groups in total. The van der Waals surface area contributed by atoms with Crippen LogP contribution in [-0.2, 0) is 0 Å². The van der Waals surface area contributed by atoms with Crippen molar-refractivity contribution in [2.24, 2.45) is 0 Å². The molecule has 20 heavy (non-hydrogen) atoms. The van der Waals surface area contributed by atoms with Gasteiger partial charge in [-0.3, -0.25) is 4.79 Å². The summed E-state index contributed by atoms with van der Waals surface area (Å²) in [7, 11) is 0. The lowest BCUT2D eigenvalue weighted by molar-refractivity contribution is 0.637. The van der Waals surface area contributed by atoms with Gasteiger partial charge in [0.15, 0.2) is 0 Å². The first kappa shape index (κ1) is 12.6. The molecule has 0 atom stereocenters. The SMILES string of the molecule is O=c1[nH]c2cccc(F)c2c(=O)n1-c1ccccc1Cl. The Hall–Kier alpha value is -2.40. The van der Waals surface area contributed by atoms with E-state index in [1.165, 1.54) is 24.3 Å². The van der Waals surface area contributed by atoms with Gasteiger partial charge < -0.3 is 4.98 Å². The van der Waals surface area contributed by atoms with Crippen LogP contribution in [0.25, 0.3) is 16.6 Å². The Morgan fingerprint density at radius 3 is 2.55 bits per heavy atom. The minimum Gasteiger partial charge on any atom is -0.306 e. The van der Waals surface area contributed by atoms with Crippen LogP contribution in [-0.4, -0.2) is 9.55 Å². The summed E-state index contributed by atoms with van der Waals surface area (Å²) in [4.78, 5) is 26.9. The summed E-state index contributed by atoms with van der Waals surface area (Å²) in [5.74, 6) is -0.690. The van der Waals surface area contributed by atoms with Crippen molar-refractivity contribution in [2.45, 2.75) is 0 Å². The quantitative estimate of drug-likeness (QED) is 0.748. The van der Waals surface area contributed by atoms with Gasteiger partial charge in [0.05, 0.1) is 21.6 Å². The van der Waals surface area contributed by atoms with E-state index in [1.54, 1.807) is 18.2 Å². The highest BCUT2D eigenvalue weighted by molar-refractivity contribution is 6.32. The minimum absolute atomic E-state index is 0.156. The number of hydrogen-bond acceptors (Lipinski definition) is 2. The lowest BCUT2D eigenvalue weighted by Gasteiger charge is -2.08. The minimum atomic E-state index is -0.741. The van der Waals surface area contributed by atoms with E-state index >= 15 is 0 Å².